The average Bonchev–Trinajstić information content (AvgIpc) is 2.84. The van der Waals surface area contributed by atoms with Gasteiger partial charge in [-0.15, -0.1) is 11.3 Å². The Morgan fingerprint density at radius 3 is 2.90 bits per heavy atom. The lowest BCUT2D eigenvalue weighted by molar-refractivity contribution is 0.597. The molecule has 2 rings (SSSR count). The monoisotopic (exact) mass is 290 g/mol. The number of thiazole rings is 1. The average molecular weight is 290 g/mol. The molecule has 5 heteroatoms. The molecule has 1 unspecified atom stereocenters. The van der Waals surface area contributed by atoms with Gasteiger partial charge in [-0.1, -0.05) is 6.92 Å². The van der Waals surface area contributed by atoms with E-state index >= 15 is 0 Å². The number of hydrogen-bond acceptors (Lipinski definition) is 5. The van der Waals surface area contributed by atoms with Crippen LogP contribution in [0.3, 0.4) is 0 Å². The number of hydrogen-bond donors (Lipinski definition) is 1. The molecule has 0 amide bonds. The van der Waals surface area contributed by atoms with Gasteiger partial charge in [0.1, 0.15) is 5.82 Å². The topological polar surface area (TPSA) is 41.1 Å². The second-order valence-electron chi connectivity index (χ2n) is 4.94. The van der Waals surface area contributed by atoms with Gasteiger partial charge in [0.15, 0.2) is 0 Å². The summed E-state index contributed by atoms with van der Waals surface area (Å²) in [5, 5.41) is 6.64. The smallest absolute Gasteiger partial charge is 0.128 e. The van der Waals surface area contributed by atoms with E-state index < -0.39 is 0 Å². The Morgan fingerprint density at radius 1 is 1.45 bits per heavy atom. The van der Waals surface area contributed by atoms with Crippen LogP contribution in [-0.2, 0) is 6.54 Å². The van der Waals surface area contributed by atoms with Crippen molar-refractivity contribution in [3.8, 4) is 0 Å². The highest BCUT2D eigenvalue weighted by molar-refractivity contribution is 7.09. The van der Waals surface area contributed by atoms with Crippen LogP contribution in [0.2, 0.25) is 0 Å². The molecule has 0 aliphatic carbocycles. The van der Waals surface area contributed by atoms with Gasteiger partial charge >= 0.3 is 0 Å². The number of nitrogens with one attached hydrogen (secondary N) is 1. The van der Waals surface area contributed by atoms with Crippen molar-refractivity contribution in [1.29, 1.82) is 0 Å². The highest BCUT2D eigenvalue weighted by Crippen LogP contribution is 2.19. The van der Waals surface area contributed by atoms with Gasteiger partial charge in [-0.05, 0) is 38.1 Å². The molecule has 0 spiro atoms. The molecule has 108 valence electrons. The van der Waals surface area contributed by atoms with Gasteiger partial charge in [0.25, 0.3) is 0 Å². The first-order chi connectivity index (χ1) is 9.60. The van der Waals surface area contributed by atoms with E-state index in [4.69, 9.17) is 0 Å². The molecule has 0 saturated heterocycles. The summed E-state index contributed by atoms with van der Waals surface area (Å²) >= 11 is 1.69. The number of pyridine rings is 1. The van der Waals surface area contributed by atoms with Crippen LogP contribution in [0.1, 0.15) is 36.2 Å². The van der Waals surface area contributed by atoms with Crippen molar-refractivity contribution in [3.05, 3.63) is 40.0 Å². The fourth-order valence-electron chi connectivity index (χ4n) is 2.14. The van der Waals surface area contributed by atoms with Gasteiger partial charge in [-0.2, -0.15) is 0 Å². The zero-order valence-corrected chi connectivity index (χ0v) is 13.4. The second-order valence-corrected chi connectivity index (χ2v) is 6.00. The van der Waals surface area contributed by atoms with Gasteiger partial charge < -0.3 is 10.2 Å². The van der Waals surface area contributed by atoms with Crippen molar-refractivity contribution in [2.24, 2.45) is 0 Å². The molecular formula is C15H22N4S. The number of aromatic nitrogens is 2. The lowest BCUT2D eigenvalue weighted by Gasteiger charge is -2.19. The molecule has 2 heterocycles. The van der Waals surface area contributed by atoms with Crippen molar-refractivity contribution in [2.75, 3.05) is 18.5 Å². The molecule has 20 heavy (non-hydrogen) atoms. The second kappa shape index (κ2) is 6.81. The van der Waals surface area contributed by atoms with Gasteiger partial charge in [-0.25, -0.2) is 9.97 Å². The van der Waals surface area contributed by atoms with Crippen LogP contribution in [0.4, 0.5) is 5.82 Å². The molecule has 0 radical (unpaired) electrons. The molecule has 0 bridgehead atoms. The standard InChI is InChI=1S/C15H22N4S/c1-5-16-11(2)13-6-7-17-15(8-13)19(4)9-14-10-20-12(3)18-14/h6-8,10-11,16H,5,9H2,1-4H3. The molecule has 0 fully saturated rings. The number of aryl methyl sites for hydroxylation is 1. The van der Waals surface area contributed by atoms with Crippen molar-refractivity contribution in [1.82, 2.24) is 15.3 Å². The van der Waals surface area contributed by atoms with Crippen LogP contribution in [0.15, 0.2) is 23.7 Å². The molecule has 2 aromatic heterocycles. The zero-order chi connectivity index (χ0) is 14.5. The fourth-order valence-corrected chi connectivity index (χ4v) is 2.74. The first-order valence-electron chi connectivity index (χ1n) is 6.91. The SMILES string of the molecule is CCNC(C)c1ccnc(N(C)Cc2csc(C)n2)c1. The summed E-state index contributed by atoms with van der Waals surface area (Å²) in [6.45, 7) is 8.08. The lowest BCUT2D eigenvalue weighted by atomic mass is 10.1. The van der Waals surface area contributed by atoms with Crippen molar-refractivity contribution in [2.45, 2.75) is 33.4 Å². The largest absolute Gasteiger partial charge is 0.354 e. The number of nitrogens with zero attached hydrogens (tertiary/aromatic N) is 3. The fraction of sp³-hybridized carbons (Fsp3) is 0.467. The molecule has 0 aliphatic heterocycles. The Morgan fingerprint density at radius 2 is 2.25 bits per heavy atom. The van der Waals surface area contributed by atoms with Gasteiger partial charge in [0.05, 0.1) is 17.2 Å². The predicted octanol–water partition coefficient (Wildman–Crippen LogP) is 3.15. The minimum atomic E-state index is 0.344. The maximum absolute atomic E-state index is 4.50. The molecule has 1 atom stereocenters. The molecule has 0 aromatic carbocycles. The summed E-state index contributed by atoms with van der Waals surface area (Å²) in [7, 11) is 2.05. The normalized spacial score (nSPS) is 12.4. The van der Waals surface area contributed by atoms with E-state index in [1.807, 2.05) is 13.1 Å². The third-order valence-electron chi connectivity index (χ3n) is 3.24. The Bertz CT molecular complexity index is 552. The maximum atomic E-state index is 4.50. The predicted molar refractivity (Wildman–Crippen MR) is 85.3 cm³/mol. The third-order valence-corrected chi connectivity index (χ3v) is 4.06. The number of anilines is 1. The first kappa shape index (κ1) is 14.9. The van der Waals surface area contributed by atoms with Crippen molar-refractivity contribution < 1.29 is 0 Å². The van der Waals surface area contributed by atoms with Gasteiger partial charge in [0.2, 0.25) is 0 Å². The Kier molecular flexibility index (Phi) is 5.09. The maximum Gasteiger partial charge on any atom is 0.128 e. The van der Waals surface area contributed by atoms with Crippen molar-refractivity contribution in [3.63, 3.8) is 0 Å². The number of rotatable bonds is 6. The minimum absolute atomic E-state index is 0.344. The summed E-state index contributed by atoms with van der Waals surface area (Å²) in [5.74, 6) is 0.984. The van der Waals surface area contributed by atoms with Crippen molar-refractivity contribution >= 4 is 17.2 Å². The summed E-state index contributed by atoms with van der Waals surface area (Å²) in [6.07, 6.45) is 1.88. The summed E-state index contributed by atoms with van der Waals surface area (Å²) in [5.41, 5.74) is 2.36. The van der Waals surface area contributed by atoms with Crippen LogP contribution in [0.5, 0.6) is 0 Å². The van der Waals surface area contributed by atoms with Gasteiger partial charge in [-0.3, -0.25) is 0 Å². The van der Waals surface area contributed by atoms with E-state index in [1.54, 1.807) is 11.3 Å². The highest BCUT2D eigenvalue weighted by atomic mass is 32.1. The van der Waals surface area contributed by atoms with E-state index in [1.165, 1.54) is 5.56 Å². The van der Waals surface area contributed by atoms with Crippen LogP contribution in [-0.4, -0.2) is 23.6 Å². The third kappa shape index (κ3) is 3.77. The summed E-state index contributed by atoms with van der Waals surface area (Å²) in [4.78, 5) is 11.1. The molecule has 0 saturated carbocycles. The summed E-state index contributed by atoms with van der Waals surface area (Å²) in [6, 6.07) is 4.56. The van der Waals surface area contributed by atoms with Gasteiger partial charge in [0, 0.05) is 24.7 Å². The van der Waals surface area contributed by atoms with E-state index in [0.717, 1.165) is 29.6 Å². The summed E-state index contributed by atoms with van der Waals surface area (Å²) < 4.78 is 0. The minimum Gasteiger partial charge on any atom is -0.354 e. The van der Waals surface area contributed by atoms with E-state index in [0.29, 0.717) is 6.04 Å². The Hall–Kier alpha value is -1.46. The lowest BCUT2D eigenvalue weighted by Crippen LogP contribution is -2.20. The van der Waals surface area contributed by atoms with E-state index in [-0.39, 0.29) is 0 Å². The molecule has 1 N–H and O–H groups in total. The quantitative estimate of drug-likeness (QED) is 0.887. The molecule has 0 aliphatic rings. The van der Waals surface area contributed by atoms with Crippen LogP contribution in [0.25, 0.3) is 0 Å². The molecule has 4 nitrogen and oxygen atoms in total. The first-order valence-corrected chi connectivity index (χ1v) is 7.79. The molecular weight excluding hydrogens is 268 g/mol. The van der Waals surface area contributed by atoms with E-state index in [9.17, 15) is 0 Å². The Balaban J connectivity index is 2.09. The Labute approximate surface area is 124 Å². The van der Waals surface area contributed by atoms with Crippen LogP contribution < -0.4 is 10.2 Å². The highest BCUT2D eigenvalue weighted by Gasteiger charge is 2.09. The van der Waals surface area contributed by atoms with Crippen LogP contribution in [0, 0.1) is 6.92 Å². The zero-order valence-electron chi connectivity index (χ0n) is 12.6. The molecule has 2 aromatic rings. The van der Waals surface area contributed by atoms with Crippen LogP contribution >= 0.6 is 11.3 Å². The van der Waals surface area contributed by atoms with E-state index in [2.05, 4.69) is 58.6 Å².